The van der Waals surface area contributed by atoms with E-state index in [9.17, 15) is 9.59 Å². The topological polar surface area (TPSA) is 88.4 Å². The molecule has 0 unspecified atom stereocenters. The number of hydrogen-bond donors (Lipinski definition) is 1. The number of nitrogens with zero attached hydrogens (tertiary/aromatic N) is 1. The van der Waals surface area contributed by atoms with Crippen LogP contribution < -0.4 is 14.8 Å². The predicted octanol–water partition coefficient (Wildman–Crippen LogP) is 3.79. The molecule has 26 heavy (non-hydrogen) atoms. The van der Waals surface area contributed by atoms with Crippen LogP contribution in [0.15, 0.2) is 29.0 Å². The van der Waals surface area contributed by atoms with Crippen LogP contribution in [0.3, 0.4) is 0 Å². The van der Waals surface area contributed by atoms with E-state index in [1.807, 2.05) is 11.4 Å². The van der Waals surface area contributed by atoms with E-state index in [2.05, 4.69) is 5.32 Å². The maximum absolute atomic E-state index is 12.0. The first-order valence-electron chi connectivity index (χ1n) is 7.92. The number of nitriles is 1. The first-order chi connectivity index (χ1) is 12.5. The maximum Gasteiger partial charge on any atom is 0.311 e. The fourth-order valence-corrected chi connectivity index (χ4v) is 2.97. The summed E-state index contributed by atoms with van der Waals surface area (Å²) in [6.07, 6.45) is 0.526. The van der Waals surface area contributed by atoms with Gasteiger partial charge in [-0.25, -0.2) is 0 Å². The highest BCUT2D eigenvalue weighted by molar-refractivity contribution is 7.08. The van der Waals surface area contributed by atoms with Crippen LogP contribution in [0.4, 0.5) is 0 Å². The molecule has 8 heteroatoms. The minimum absolute atomic E-state index is 0.0971. The summed E-state index contributed by atoms with van der Waals surface area (Å²) in [5.41, 5.74) is 0.915. The van der Waals surface area contributed by atoms with Crippen molar-refractivity contribution < 1.29 is 19.1 Å². The zero-order chi connectivity index (χ0) is 18.9. The van der Waals surface area contributed by atoms with Crippen LogP contribution in [0.5, 0.6) is 11.5 Å². The fourth-order valence-electron chi connectivity index (χ4n) is 2.09. The Labute approximate surface area is 160 Å². The Bertz CT molecular complexity index is 815. The van der Waals surface area contributed by atoms with Crippen molar-refractivity contribution in [3.05, 3.63) is 45.1 Å². The zero-order valence-corrected chi connectivity index (χ0v) is 15.7. The first-order valence-corrected chi connectivity index (χ1v) is 9.24. The first kappa shape index (κ1) is 19.8. The number of carbonyl (C=O) groups is 2. The predicted molar refractivity (Wildman–Crippen MR) is 98.9 cm³/mol. The van der Waals surface area contributed by atoms with Gasteiger partial charge in [0.05, 0.1) is 23.3 Å². The Morgan fingerprint density at radius 1 is 1.38 bits per heavy atom. The van der Waals surface area contributed by atoms with Crippen LogP contribution in [0, 0.1) is 11.3 Å². The van der Waals surface area contributed by atoms with Crippen LogP contribution >= 0.6 is 22.9 Å². The van der Waals surface area contributed by atoms with Gasteiger partial charge in [-0.3, -0.25) is 9.59 Å². The average Bonchev–Trinajstić information content (AvgIpc) is 3.16. The number of amides is 1. The highest BCUT2D eigenvalue weighted by atomic mass is 35.5. The molecular formula is C18H17ClN2O4S. The fraction of sp³-hybridized carbons (Fsp3) is 0.278. The summed E-state index contributed by atoms with van der Waals surface area (Å²) in [5, 5.41) is 15.4. The lowest BCUT2D eigenvalue weighted by atomic mass is 10.2. The number of ether oxygens (including phenoxy) is 2. The van der Waals surface area contributed by atoms with E-state index in [1.54, 1.807) is 18.4 Å². The Morgan fingerprint density at radius 2 is 2.19 bits per heavy atom. The average molecular weight is 393 g/mol. The van der Waals surface area contributed by atoms with Crippen molar-refractivity contribution in [2.24, 2.45) is 0 Å². The standard InChI is InChI=1S/C18H17ClN2O4S/c1-2-24-15-9-12(10-20)8-14(19)17(15)25-16(22)4-3-6-21-18(23)13-5-7-26-11-13/h5,7-9,11H,2-4,6H2,1H3,(H,21,23). The highest BCUT2D eigenvalue weighted by Gasteiger charge is 2.16. The van der Waals surface area contributed by atoms with Crippen molar-refractivity contribution in [1.29, 1.82) is 5.26 Å². The van der Waals surface area contributed by atoms with Gasteiger partial charge in [-0.05, 0) is 30.9 Å². The van der Waals surface area contributed by atoms with Crippen molar-refractivity contribution in [3.8, 4) is 17.6 Å². The third-order valence-corrected chi connectivity index (χ3v) is 4.24. The van der Waals surface area contributed by atoms with Crippen molar-refractivity contribution in [2.75, 3.05) is 13.2 Å². The van der Waals surface area contributed by atoms with E-state index in [0.717, 1.165) is 0 Å². The smallest absolute Gasteiger partial charge is 0.311 e. The van der Waals surface area contributed by atoms with Crippen LogP contribution in [-0.4, -0.2) is 25.0 Å². The monoisotopic (exact) mass is 392 g/mol. The highest BCUT2D eigenvalue weighted by Crippen LogP contribution is 2.36. The molecule has 0 atom stereocenters. The van der Waals surface area contributed by atoms with Gasteiger partial charge in [0, 0.05) is 30.0 Å². The molecule has 1 aromatic carbocycles. The van der Waals surface area contributed by atoms with E-state index in [1.165, 1.54) is 23.5 Å². The van der Waals surface area contributed by atoms with E-state index in [0.29, 0.717) is 30.7 Å². The molecule has 6 nitrogen and oxygen atoms in total. The van der Waals surface area contributed by atoms with E-state index in [-0.39, 0.29) is 28.8 Å². The van der Waals surface area contributed by atoms with E-state index < -0.39 is 5.97 Å². The number of carbonyl (C=O) groups excluding carboxylic acids is 2. The summed E-state index contributed by atoms with van der Waals surface area (Å²) in [6.45, 7) is 2.46. The van der Waals surface area contributed by atoms with Crippen LogP contribution in [0.1, 0.15) is 35.7 Å². The summed E-state index contributed by atoms with van der Waals surface area (Å²) in [7, 11) is 0. The minimum Gasteiger partial charge on any atom is -0.490 e. The number of esters is 1. The van der Waals surface area contributed by atoms with Gasteiger partial charge in [-0.15, -0.1) is 0 Å². The van der Waals surface area contributed by atoms with Crippen molar-refractivity contribution in [2.45, 2.75) is 19.8 Å². The molecule has 1 amide bonds. The molecule has 0 saturated carbocycles. The molecule has 1 N–H and O–H groups in total. The quantitative estimate of drug-likeness (QED) is 0.419. The molecule has 0 aliphatic carbocycles. The Balaban J connectivity index is 1.87. The summed E-state index contributed by atoms with van der Waals surface area (Å²) in [5.74, 6) is -0.328. The largest absolute Gasteiger partial charge is 0.490 e. The normalized spacial score (nSPS) is 10.0. The third kappa shape index (κ3) is 5.48. The molecule has 0 bridgehead atoms. The van der Waals surface area contributed by atoms with Gasteiger partial charge in [-0.1, -0.05) is 11.6 Å². The molecule has 0 radical (unpaired) electrons. The number of thiophene rings is 1. The Kier molecular flexibility index (Phi) is 7.45. The van der Waals surface area contributed by atoms with Crippen LogP contribution in [0.2, 0.25) is 5.02 Å². The zero-order valence-electron chi connectivity index (χ0n) is 14.1. The lowest BCUT2D eigenvalue weighted by Gasteiger charge is -2.12. The Hall–Kier alpha value is -2.56. The van der Waals surface area contributed by atoms with Gasteiger partial charge in [0.2, 0.25) is 0 Å². The van der Waals surface area contributed by atoms with Gasteiger partial charge in [0.1, 0.15) is 0 Å². The summed E-state index contributed by atoms with van der Waals surface area (Å²) >= 11 is 7.53. The van der Waals surface area contributed by atoms with Crippen molar-refractivity contribution in [1.82, 2.24) is 5.32 Å². The SMILES string of the molecule is CCOc1cc(C#N)cc(Cl)c1OC(=O)CCCNC(=O)c1ccsc1. The lowest BCUT2D eigenvalue weighted by Crippen LogP contribution is -2.24. The lowest BCUT2D eigenvalue weighted by molar-refractivity contribution is -0.134. The summed E-state index contributed by atoms with van der Waals surface area (Å²) in [6, 6.07) is 6.58. The Morgan fingerprint density at radius 3 is 2.85 bits per heavy atom. The van der Waals surface area contributed by atoms with E-state index in [4.69, 9.17) is 26.3 Å². The molecule has 136 valence electrons. The summed E-state index contributed by atoms with van der Waals surface area (Å²) < 4.78 is 10.7. The van der Waals surface area contributed by atoms with Gasteiger partial charge in [0.25, 0.3) is 5.91 Å². The maximum atomic E-state index is 12.0. The van der Waals surface area contributed by atoms with Crippen molar-refractivity contribution in [3.63, 3.8) is 0 Å². The second kappa shape index (κ2) is 9.80. The molecule has 0 saturated heterocycles. The van der Waals surface area contributed by atoms with Gasteiger partial charge >= 0.3 is 5.97 Å². The number of benzene rings is 1. The van der Waals surface area contributed by atoms with Crippen LogP contribution in [0.25, 0.3) is 0 Å². The number of halogens is 1. The van der Waals surface area contributed by atoms with Crippen molar-refractivity contribution >= 4 is 34.8 Å². The molecular weight excluding hydrogens is 376 g/mol. The molecule has 2 aromatic rings. The minimum atomic E-state index is -0.498. The van der Waals surface area contributed by atoms with Gasteiger partial charge in [-0.2, -0.15) is 16.6 Å². The molecule has 0 spiro atoms. The molecule has 0 aliphatic rings. The summed E-state index contributed by atoms with van der Waals surface area (Å²) in [4.78, 5) is 23.8. The molecule has 0 aliphatic heterocycles. The number of nitrogens with one attached hydrogen (secondary N) is 1. The molecule has 2 rings (SSSR count). The van der Waals surface area contributed by atoms with E-state index >= 15 is 0 Å². The molecule has 1 aromatic heterocycles. The van der Waals surface area contributed by atoms with Crippen LogP contribution in [-0.2, 0) is 4.79 Å². The van der Waals surface area contributed by atoms with Gasteiger partial charge < -0.3 is 14.8 Å². The number of hydrogen-bond acceptors (Lipinski definition) is 6. The second-order valence-corrected chi connectivity index (χ2v) is 6.36. The van der Waals surface area contributed by atoms with Gasteiger partial charge in [0.15, 0.2) is 11.5 Å². The second-order valence-electron chi connectivity index (χ2n) is 5.18. The third-order valence-electron chi connectivity index (χ3n) is 3.28. The molecule has 0 fully saturated rings. The molecule has 1 heterocycles. The number of rotatable bonds is 8.